The van der Waals surface area contributed by atoms with Crippen LogP contribution in [0, 0.1) is 0 Å². The third-order valence-electron chi connectivity index (χ3n) is 2.34. The Hall–Kier alpha value is 1.62. The second-order valence-corrected chi connectivity index (χ2v) is 5.21. The molecule has 3 rings (SSSR count). The molecular weight excluding hydrogens is 474 g/mol. The van der Waals surface area contributed by atoms with E-state index in [0.717, 1.165) is 22.4 Å². The zero-order valence-corrected chi connectivity index (χ0v) is 18.9. The molecule has 0 aliphatic carbocycles. The van der Waals surface area contributed by atoms with Gasteiger partial charge in [0.25, 0.3) is 0 Å². The Morgan fingerprint density at radius 3 is 1.95 bits per heavy atom. The fourth-order valence-electron chi connectivity index (χ4n) is 1.51. The van der Waals surface area contributed by atoms with Gasteiger partial charge in [-0.3, -0.25) is 9.31 Å². The van der Waals surface area contributed by atoms with Crippen molar-refractivity contribution >= 4 is 21.7 Å². The molecular formula is C11H14Cl4N2NaORuS. The van der Waals surface area contributed by atoms with E-state index in [1.54, 1.807) is 0 Å². The molecule has 0 saturated carbocycles. The van der Waals surface area contributed by atoms with Crippen molar-refractivity contribution in [1.82, 2.24) is 10.2 Å². The SMILES string of the molecule is O=S1CCCC1.[Cl-].[Cl-].[Cl-].[Cl-].[Na+].[Ru+3].c1ccc2[nH]ncc2c1. The van der Waals surface area contributed by atoms with E-state index in [2.05, 4.69) is 10.2 Å². The molecule has 1 aliphatic rings. The Bertz CT molecular complexity index is 440. The molecule has 10 heteroatoms. The molecule has 2 aromatic rings. The summed E-state index contributed by atoms with van der Waals surface area (Å²) in [4.78, 5) is 0. The molecule has 1 saturated heterocycles. The Morgan fingerprint density at radius 1 is 1.00 bits per heavy atom. The maximum Gasteiger partial charge on any atom is 3.00 e. The smallest absolute Gasteiger partial charge is 1.00 e. The third kappa shape index (κ3) is 12.7. The fourth-order valence-corrected chi connectivity index (χ4v) is 2.77. The molecule has 21 heavy (non-hydrogen) atoms. The van der Waals surface area contributed by atoms with Crippen LogP contribution in [-0.2, 0) is 30.3 Å². The van der Waals surface area contributed by atoms with E-state index in [4.69, 9.17) is 0 Å². The number of nitrogens with one attached hydrogen (secondary N) is 1. The molecule has 0 bridgehead atoms. The average Bonchev–Trinajstić information content (AvgIpc) is 2.88. The minimum absolute atomic E-state index is 0. The van der Waals surface area contributed by atoms with Gasteiger partial charge in [0.2, 0.25) is 0 Å². The van der Waals surface area contributed by atoms with E-state index in [-0.39, 0.29) is 98.7 Å². The van der Waals surface area contributed by atoms with Crippen molar-refractivity contribution < 1.29 is 103 Å². The van der Waals surface area contributed by atoms with Gasteiger partial charge in [0, 0.05) is 27.7 Å². The first kappa shape index (κ1) is 34.1. The largest absolute Gasteiger partial charge is 3.00 e. The van der Waals surface area contributed by atoms with Gasteiger partial charge in [0.15, 0.2) is 0 Å². The van der Waals surface area contributed by atoms with Crippen LogP contribution in [0.5, 0.6) is 0 Å². The first-order chi connectivity index (χ1) is 7.36. The Kier molecular flexibility index (Phi) is 31.9. The van der Waals surface area contributed by atoms with Crippen LogP contribution in [0.25, 0.3) is 10.9 Å². The van der Waals surface area contributed by atoms with E-state index in [1.165, 1.54) is 12.8 Å². The van der Waals surface area contributed by atoms with Crippen molar-refractivity contribution in [2.75, 3.05) is 11.5 Å². The minimum Gasteiger partial charge on any atom is -1.00 e. The monoisotopic (exact) mass is 487 g/mol. The molecule has 1 aliphatic heterocycles. The van der Waals surface area contributed by atoms with Gasteiger partial charge in [-0.1, -0.05) is 18.2 Å². The maximum absolute atomic E-state index is 10.4. The summed E-state index contributed by atoms with van der Waals surface area (Å²) in [6.45, 7) is 0. The fraction of sp³-hybridized carbons (Fsp3) is 0.364. The molecule has 2 heterocycles. The van der Waals surface area contributed by atoms with E-state index in [1.807, 2.05) is 30.5 Å². The summed E-state index contributed by atoms with van der Waals surface area (Å²) in [5.74, 6) is 1.92. The number of rotatable bonds is 0. The number of hydrogen-bond donors (Lipinski definition) is 1. The van der Waals surface area contributed by atoms with Gasteiger partial charge < -0.3 is 49.6 Å². The van der Waals surface area contributed by atoms with Crippen molar-refractivity contribution in [2.45, 2.75) is 12.8 Å². The average molecular weight is 488 g/mol. The predicted octanol–water partition coefficient (Wildman–Crippen LogP) is -12.9. The Morgan fingerprint density at radius 2 is 1.52 bits per heavy atom. The number of aromatic amines is 1. The number of aromatic nitrogens is 2. The van der Waals surface area contributed by atoms with Crippen molar-refractivity contribution in [3.05, 3.63) is 30.5 Å². The van der Waals surface area contributed by atoms with Crippen molar-refractivity contribution in [3.8, 4) is 0 Å². The van der Waals surface area contributed by atoms with Gasteiger partial charge in [-0.05, 0) is 18.9 Å². The van der Waals surface area contributed by atoms with E-state index >= 15 is 0 Å². The number of para-hydroxylation sites is 1. The van der Waals surface area contributed by atoms with Crippen LogP contribution in [-0.4, -0.2) is 25.9 Å². The summed E-state index contributed by atoms with van der Waals surface area (Å²) in [5.41, 5.74) is 1.09. The van der Waals surface area contributed by atoms with Crippen molar-refractivity contribution in [2.24, 2.45) is 0 Å². The number of halogens is 4. The summed E-state index contributed by atoms with van der Waals surface area (Å²) in [6.07, 6.45) is 4.19. The number of fused-ring (bicyclic) bond motifs is 1. The summed E-state index contributed by atoms with van der Waals surface area (Å²) in [7, 11) is -0.423. The van der Waals surface area contributed by atoms with E-state index in [9.17, 15) is 4.21 Å². The van der Waals surface area contributed by atoms with Crippen LogP contribution >= 0.6 is 0 Å². The molecule has 1 radical (unpaired) electrons. The standard InChI is InChI=1S/C7H6N2.C4H8OS.4ClH.Na.Ru/c1-2-4-7-6(3-1)5-8-9-7;5-6-3-1-2-4-6;;;;;;/h1-5H,(H,8,9);1-4H2;4*1H;;/q;;;;;;+1;+3/p-4. The van der Waals surface area contributed by atoms with Crippen LogP contribution in [0.15, 0.2) is 30.5 Å². The van der Waals surface area contributed by atoms with Crippen molar-refractivity contribution in [3.63, 3.8) is 0 Å². The number of hydrogen-bond acceptors (Lipinski definition) is 2. The first-order valence-corrected chi connectivity index (χ1v) is 6.58. The van der Waals surface area contributed by atoms with Gasteiger partial charge in [0.05, 0.1) is 11.7 Å². The minimum atomic E-state index is -0.423. The van der Waals surface area contributed by atoms with Gasteiger partial charge in [-0.15, -0.1) is 0 Å². The zero-order chi connectivity index (χ0) is 10.5. The molecule has 0 amide bonds. The van der Waals surface area contributed by atoms with Gasteiger partial charge in [-0.25, -0.2) is 0 Å². The normalized spacial score (nSPS) is 11.6. The van der Waals surface area contributed by atoms with Gasteiger partial charge in [-0.2, -0.15) is 5.10 Å². The molecule has 1 aromatic heterocycles. The Balaban J connectivity index is -0.0000000658. The molecule has 117 valence electrons. The second-order valence-electron chi connectivity index (χ2n) is 3.51. The molecule has 0 spiro atoms. The molecule has 1 aromatic carbocycles. The van der Waals surface area contributed by atoms with Crippen LogP contribution in [0.2, 0.25) is 0 Å². The number of benzene rings is 1. The first-order valence-electron chi connectivity index (χ1n) is 5.09. The molecule has 0 unspecified atom stereocenters. The second kappa shape index (κ2) is 19.7. The third-order valence-corrected chi connectivity index (χ3v) is 3.83. The summed E-state index contributed by atoms with van der Waals surface area (Å²) >= 11 is 0. The van der Waals surface area contributed by atoms with E-state index < -0.39 is 10.8 Å². The van der Waals surface area contributed by atoms with Crippen LogP contribution in [0.1, 0.15) is 12.8 Å². The molecule has 1 N–H and O–H groups in total. The van der Waals surface area contributed by atoms with Crippen LogP contribution in [0.4, 0.5) is 0 Å². The van der Waals surface area contributed by atoms with E-state index in [0.29, 0.717) is 0 Å². The van der Waals surface area contributed by atoms with Crippen LogP contribution < -0.4 is 79.2 Å². The molecule has 0 atom stereocenters. The summed E-state index contributed by atoms with van der Waals surface area (Å²) in [5, 5.41) is 7.91. The Labute approximate surface area is 187 Å². The quantitative estimate of drug-likeness (QED) is 0.375. The topological polar surface area (TPSA) is 45.8 Å². The molecule has 3 nitrogen and oxygen atoms in total. The predicted molar refractivity (Wildman–Crippen MR) is 63.2 cm³/mol. The number of H-pyrrole nitrogens is 1. The summed E-state index contributed by atoms with van der Waals surface area (Å²) < 4.78 is 10.4. The maximum atomic E-state index is 10.4. The summed E-state index contributed by atoms with van der Waals surface area (Å²) in [6, 6.07) is 8.01. The zero-order valence-electron chi connectivity index (χ0n) is 11.3. The molecule has 1 fully saturated rings. The number of nitrogens with zero attached hydrogens (tertiary/aromatic N) is 1. The van der Waals surface area contributed by atoms with Gasteiger partial charge in [0.1, 0.15) is 0 Å². The van der Waals surface area contributed by atoms with Gasteiger partial charge >= 0.3 is 49.0 Å². The van der Waals surface area contributed by atoms with Crippen molar-refractivity contribution in [1.29, 1.82) is 0 Å². The van der Waals surface area contributed by atoms with Crippen LogP contribution in [0.3, 0.4) is 0 Å².